The molecule has 4 nitrogen and oxygen atoms in total. The minimum Gasteiger partial charge on any atom is -0.381 e. The smallest absolute Gasteiger partial charge is 0.130 e. The molecule has 1 aliphatic heterocycles. The highest BCUT2D eigenvalue weighted by atomic mass is 35.5. The summed E-state index contributed by atoms with van der Waals surface area (Å²) in [4.78, 5) is 6.78. The average Bonchev–Trinajstić information content (AvgIpc) is 2.54. The number of hydrogen-bond donors (Lipinski definition) is 2. The molecule has 2 aromatic rings. The van der Waals surface area contributed by atoms with Crippen molar-refractivity contribution in [3.63, 3.8) is 0 Å². The third-order valence-electron chi connectivity index (χ3n) is 3.57. The second-order valence-corrected chi connectivity index (χ2v) is 5.56. The molecule has 22 heavy (non-hydrogen) atoms. The van der Waals surface area contributed by atoms with Crippen molar-refractivity contribution in [1.29, 1.82) is 0 Å². The van der Waals surface area contributed by atoms with Crippen molar-refractivity contribution in [3.05, 3.63) is 53.2 Å². The van der Waals surface area contributed by atoms with Crippen LogP contribution in [0.25, 0.3) is 0 Å². The summed E-state index contributed by atoms with van der Waals surface area (Å²) in [5.41, 5.74) is 2.25. The Morgan fingerprint density at radius 1 is 1.18 bits per heavy atom. The van der Waals surface area contributed by atoms with Gasteiger partial charge < -0.3 is 15.5 Å². The van der Waals surface area contributed by atoms with Crippen molar-refractivity contribution in [1.82, 2.24) is 10.3 Å². The van der Waals surface area contributed by atoms with Crippen LogP contribution < -0.4 is 15.5 Å². The molecule has 1 saturated heterocycles. The fraction of sp³-hybridized carbons (Fsp3) is 0.312. The fourth-order valence-corrected chi connectivity index (χ4v) is 2.66. The van der Waals surface area contributed by atoms with Gasteiger partial charge in [-0.2, -0.15) is 0 Å². The van der Waals surface area contributed by atoms with E-state index in [-0.39, 0.29) is 12.4 Å². The van der Waals surface area contributed by atoms with Crippen LogP contribution in [0.2, 0.25) is 5.02 Å². The number of rotatable bonds is 4. The standard InChI is InChI=1S/C16H19ClN4.ClH/c17-14-3-1-2-13(10-14)12-20-15-4-5-19-16(11-15)21-8-6-18-7-9-21;/h1-5,10-11,18H,6-9,12H2,(H,19,20);1H. The van der Waals surface area contributed by atoms with Gasteiger partial charge in [0.15, 0.2) is 0 Å². The zero-order chi connectivity index (χ0) is 14.5. The number of anilines is 2. The molecular formula is C16H20Cl2N4. The van der Waals surface area contributed by atoms with Crippen LogP contribution in [0.15, 0.2) is 42.6 Å². The summed E-state index contributed by atoms with van der Waals surface area (Å²) < 4.78 is 0. The van der Waals surface area contributed by atoms with E-state index in [1.54, 1.807) is 0 Å². The summed E-state index contributed by atoms with van der Waals surface area (Å²) in [6.45, 7) is 4.80. The molecule has 1 aromatic carbocycles. The summed E-state index contributed by atoms with van der Waals surface area (Å²) in [5, 5.41) is 7.55. The molecule has 0 radical (unpaired) electrons. The lowest BCUT2D eigenvalue weighted by atomic mass is 10.2. The molecule has 2 heterocycles. The van der Waals surface area contributed by atoms with Gasteiger partial charge in [-0.3, -0.25) is 0 Å². The molecule has 0 unspecified atom stereocenters. The minimum absolute atomic E-state index is 0. The summed E-state index contributed by atoms with van der Waals surface area (Å²) >= 11 is 6.00. The van der Waals surface area contributed by atoms with E-state index >= 15 is 0 Å². The Morgan fingerprint density at radius 3 is 2.77 bits per heavy atom. The molecule has 2 N–H and O–H groups in total. The lowest BCUT2D eigenvalue weighted by Gasteiger charge is -2.28. The van der Waals surface area contributed by atoms with E-state index < -0.39 is 0 Å². The summed E-state index contributed by atoms with van der Waals surface area (Å²) in [7, 11) is 0. The molecular weight excluding hydrogens is 319 g/mol. The largest absolute Gasteiger partial charge is 0.381 e. The number of pyridine rings is 1. The molecule has 1 fully saturated rings. The van der Waals surface area contributed by atoms with E-state index in [0.717, 1.165) is 49.3 Å². The molecule has 6 heteroatoms. The zero-order valence-electron chi connectivity index (χ0n) is 12.3. The van der Waals surface area contributed by atoms with Gasteiger partial charge in [-0.05, 0) is 23.8 Å². The zero-order valence-corrected chi connectivity index (χ0v) is 13.8. The number of piperazine rings is 1. The predicted molar refractivity (Wildman–Crippen MR) is 95.3 cm³/mol. The normalized spacial score (nSPS) is 14.3. The summed E-state index contributed by atoms with van der Waals surface area (Å²) in [6.07, 6.45) is 1.86. The minimum atomic E-state index is 0. The van der Waals surface area contributed by atoms with E-state index in [1.807, 2.05) is 30.5 Å². The molecule has 0 aliphatic carbocycles. The van der Waals surface area contributed by atoms with Gasteiger partial charge in [-0.1, -0.05) is 23.7 Å². The van der Waals surface area contributed by atoms with E-state index in [0.29, 0.717) is 0 Å². The topological polar surface area (TPSA) is 40.2 Å². The van der Waals surface area contributed by atoms with Crippen LogP contribution in [0.5, 0.6) is 0 Å². The first-order chi connectivity index (χ1) is 10.3. The van der Waals surface area contributed by atoms with Crippen LogP contribution >= 0.6 is 24.0 Å². The van der Waals surface area contributed by atoms with Crippen molar-refractivity contribution < 1.29 is 0 Å². The molecule has 1 aliphatic rings. The van der Waals surface area contributed by atoms with Crippen molar-refractivity contribution in [2.45, 2.75) is 6.54 Å². The van der Waals surface area contributed by atoms with Gasteiger partial charge in [0.1, 0.15) is 5.82 Å². The monoisotopic (exact) mass is 338 g/mol. The summed E-state index contributed by atoms with van der Waals surface area (Å²) in [6, 6.07) is 12.0. The SMILES string of the molecule is Cl.Clc1cccc(CNc2ccnc(N3CCNCC3)c2)c1. The van der Waals surface area contributed by atoms with E-state index in [2.05, 4.69) is 32.7 Å². The molecule has 3 rings (SSSR count). The van der Waals surface area contributed by atoms with Crippen LogP contribution in [0, 0.1) is 0 Å². The van der Waals surface area contributed by atoms with Gasteiger partial charge in [-0.15, -0.1) is 12.4 Å². The maximum atomic E-state index is 6.00. The van der Waals surface area contributed by atoms with Crippen LogP contribution in [-0.4, -0.2) is 31.2 Å². The van der Waals surface area contributed by atoms with Crippen LogP contribution in [0.1, 0.15) is 5.56 Å². The Balaban J connectivity index is 0.00000176. The highest BCUT2D eigenvalue weighted by Gasteiger charge is 2.11. The van der Waals surface area contributed by atoms with Crippen molar-refractivity contribution >= 4 is 35.5 Å². The first kappa shape index (κ1) is 16.9. The van der Waals surface area contributed by atoms with Gasteiger partial charge in [0.2, 0.25) is 0 Å². The van der Waals surface area contributed by atoms with E-state index in [9.17, 15) is 0 Å². The quantitative estimate of drug-likeness (QED) is 0.898. The maximum absolute atomic E-state index is 6.00. The highest BCUT2D eigenvalue weighted by Crippen LogP contribution is 2.18. The number of aromatic nitrogens is 1. The van der Waals surface area contributed by atoms with E-state index in [1.165, 1.54) is 5.56 Å². The van der Waals surface area contributed by atoms with Crippen LogP contribution in [0.3, 0.4) is 0 Å². The first-order valence-electron chi connectivity index (χ1n) is 7.21. The van der Waals surface area contributed by atoms with Crippen LogP contribution in [0.4, 0.5) is 11.5 Å². The van der Waals surface area contributed by atoms with Crippen molar-refractivity contribution in [2.24, 2.45) is 0 Å². The van der Waals surface area contributed by atoms with Gasteiger partial charge in [0, 0.05) is 55.7 Å². The summed E-state index contributed by atoms with van der Waals surface area (Å²) in [5.74, 6) is 1.03. The molecule has 0 bridgehead atoms. The Morgan fingerprint density at radius 2 is 2.00 bits per heavy atom. The number of nitrogens with zero attached hydrogens (tertiary/aromatic N) is 2. The molecule has 0 saturated carbocycles. The molecule has 1 aromatic heterocycles. The van der Waals surface area contributed by atoms with Crippen LogP contribution in [-0.2, 0) is 6.54 Å². The molecule has 118 valence electrons. The predicted octanol–water partition coefficient (Wildman–Crippen LogP) is 3.18. The number of hydrogen-bond acceptors (Lipinski definition) is 4. The Hall–Kier alpha value is -1.49. The molecule has 0 amide bonds. The third kappa shape index (κ3) is 4.50. The van der Waals surface area contributed by atoms with Crippen molar-refractivity contribution in [2.75, 3.05) is 36.4 Å². The number of halogens is 2. The molecule has 0 spiro atoms. The first-order valence-corrected chi connectivity index (χ1v) is 7.59. The van der Waals surface area contributed by atoms with Crippen molar-refractivity contribution in [3.8, 4) is 0 Å². The van der Waals surface area contributed by atoms with E-state index in [4.69, 9.17) is 11.6 Å². The molecule has 0 atom stereocenters. The number of benzene rings is 1. The second kappa shape index (κ2) is 8.22. The Labute approximate surface area is 142 Å². The second-order valence-electron chi connectivity index (χ2n) is 5.12. The fourth-order valence-electron chi connectivity index (χ4n) is 2.45. The Bertz CT molecular complexity index is 600. The average molecular weight is 339 g/mol. The lowest BCUT2D eigenvalue weighted by Crippen LogP contribution is -2.43. The number of nitrogens with one attached hydrogen (secondary N) is 2. The maximum Gasteiger partial charge on any atom is 0.130 e. The van der Waals surface area contributed by atoms with Gasteiger partial charge in [0.25, 0.3) is 0 Å². The Kier molecular flexibility index (Phi) is 6.31. The van der Waals surface area contributed by atoms with Gasteiger partial charge >= 0.3 is 0 Å². The van der Waals surface area contributed by atoms with Gasteiger partial charge in [-0.25, -0.2) is 4.98 Å². The highest BCUT2D eigenvalue weighted by molar-refractivity contribution is 6.30. The lowest BCUT2D eigenvalue weighted by molar-refractivity contribution is 0.585. The third-order valence-corrected chi connectivity index (χ3v) is 3.81. The van der Waals surface area contributed by atoms with Gasteiger partial charge in [0.05, 0.1) is 0 Å².